The van der Waals surface area contributed by atoms with Crippen molar-refractivity contribution >= 4 is 28.9 Å². The van der Waals surface area contributed by atoms with Crippen molar-refractivity contribution in [2.45, 2.75) is 12.2 Å². The predicted molar refractivity (Wildman–Crippen MR) is 116 cm³/mol. The molecule has 3 aromatic carbocycles. The van der Waals surface area contributed by atoms with E-state index in [4.69, 9.17) is 32.7 Å². The third kappa shape index (κ3) is 3.56. The van der Waals surface area contributed by atoms with Gasteiger partial charge in [0.25, 0.3) is 0 Å². The van der Waals surface area contributed by atoms with Gasteiger partial charge in [-0.05, 0) is 48.5 Å². The number of rotatable bonds is 3. The number of nitrogens with two attached hydrogens (primary N) is 1. The monoisotopic (exact) mass is 441 g/mol. The fraction of sp³-hybridized carbons (Fsp3) is 0.130. The van der Waals surface area contributed by atoms with Crippen molar-refractivity contribution in [2.75, 3.05) is 6.79 Å². The molecule has 2 heterocycles. The van der Waals surface area contributed by atoms with E-state index in [1.54, 1.807) is 18.2 Å². The molecule has 0 spiro atoms. The molecule has 0 saturated carbocycles. The Labute approximate surface area is 183 Å². The number of halogens is 2. The second-order valence-electron chi connectivity index (χ2n) is 7.21. The molecule has 2 aliphatic heterocycles. The molecule has 30 heavy (non-hydrogen) atoms. The molecule has 2 aliphatic rings. The number of aromatic hydroxyl groups is 1. The number of quaternary nitrogens is 1. The molecule has 2 unspecified atom stereocenters. The average molecular weight is 442 g/mol. The van der Waals surface area contributed by atoms with Crippen LogP contribution in [0.1, 0.15) is 28.9 Å². The summed E-state index contributed by atoms with van der Waals surface area (Å²) in [5.41, 5.74) is 3.55. The maximum atomic E-state index is 10.5. The van der Waals surface area contributed by atoms with E-state index in [-0.39, 0.29) is 24.8 Å². The van der Waals surface area contributed by atoms with Crippen molar-refractivity contribution in [3.63, 3.8) is 0 Å². The molecule has 2 atom stereocenters. The first kappa shape index (κ1) is 19.1. The lowest BCUT2D eigenvalue weighted by atomic mass is 9.97. The van der Waals surface area contributed by atoms with Crippen molar-refractivity contribution < 1.29 is 19.9 Å². The van der Waals surface area contributed by atoms with Crippen molar-refractivity contribution in [1.82, 2.24) is 5.32 Å². The number of benzene rings is 3. The molecule has 0 radical (unpaired) electrons. The van der Waals surface area contributed by atoms with Gasteiger partial charge in [0.05, 0.1) is 10.6 Å². The van der Waals surface area contributed by atoms with E-state index in [1.807, 2.05) is 42.5 Å². The Bertz CT molecular complexity index is 1150. The zero-order valence-corrected chi connectivity index (χ0v) is 17.3. The van der Waals surface area contributed by atoms with Crippen LogP contribution in [0.2, 0.25) is 10.0 Å². The Morgan fingerprint density at radius 1 is 0.933 bits per heavy atom. The van der Waals surface area contributed by atoms with Crippen LogP contribution in [-0.4, -0.2) is 11.9 Å². The van der Waals surface area contributed by atoms with E-state index in [2.05, 4.69) is 16.7 Å². The Morgan fingerprint density at radius 2 is 1.77 bits per heavy atom. The topological polar surface area (TPSA) is 67.3 Å². The van der Waals surface area contributed by atoms with Crippen LogP contribution >= 0.6 is 23.2 Å². The number of hydrogen-bond acceptors (Lipinski definition) is 4. The quantitative estimate of drug-likeness (QED) is 0.564. The minimum Gasteiger partial charge on any atom is -0.507 e. The number of fused-ring (bicyclic) bond motifs is 1. The Balaban J connectivity index is 1.59. The summed E-state index contributed by atoms with van der Waals surface area (Å²) >= 11 is 12.7. The van der Waals surface area contributed by atoms with Gasteiger partial charge in [0.1, 0.15) is 11.8 Å². The maximum absolute atomic E-state index is 10.5. The van der Waals surface area contributed by atoms with Gasteiger partial charge >= 0.3 is 0 Å². The number of ether oxygens (including phenoxy) is 2. The van der Waals surface area contributed by atoms with Crippen LogP contribution in [0.25, 0.3) is 5.70 Å². The normalized spacial score (nSPS) is 19.9. The van der Waals surface area contributed by atoms with Crippen LogP contribution in [0.5, 0.6) is 17.2 Å². The molecule has 4 N–H and O–H groups in total. The molecular formula is C23H19Cl2N2O3+. The van der Waals surface area contributed by atoms with Gasteiger partial charge in [-0.1, -0.05) is 35.3 Å². The van der Waals surface area contributed by atoms with E-state index in [9.17, 15) is 5.11 Å². The zero-order valence-electron chi connectivity index (χ0n) is 15.8. The summed E-state index contributed by atoms with van der Waals surface area (Å²) in [6, 6.07) is 18.5. The van der Waals surface area contributed by atoms with Crippen LogP contribution in [0.4, 0.5) is 0 Å². The summed E-state index contributed by atoms with van der Waals surface area (Å²) in [7, 11) is 0. The smallest absolute Gasteiger partial charge is 0.231 e. The minimum absolute atomic E-state index is 0.160. The highest BCUT2D eigenvalue weighted by molar-refractivity contribution is 6.31. The first-order valence-corrected chi connectivity index (χ1v) is 10.3. The standard InChI is InChI=1S/C23H18Cl2N2O3/c24-14-6-7-20(28)16(10-14)19-11-18(13-5-8-21-22(9-13)30-12-29-21)26-23(27-19)15-3-1-2-4-17(15)25/h1-11,19,23,26-28H,12H2/p+1. The van der Waals surface area contributed by atoms with Crippen LogP contribution in [0, 0.1) is 0 Å². The summed E-state index contributed by atoms with van der Waals surface area (Å²) in [6.45, 7) is 0.223. The van der Waals surface area contributed by atoms with Crippen molar-refractivity contribution in [1.29, 1.82) is 0 Å². The van der Waals surface area contributed by atoms with Gasteiger partial charge in [-0.3, -0.25) is 0 Å². The van der Waals surface area contributed by atoms with Gasteiger partial charge in [0, 0.05) is 27.9 Å². The summed E-state index contributed by atoms with van der Waals surface area (Å²) in [5.74, 6) is 1.64. The van der Waals surface area contributed by atoms with Crippen molar-refractivity contribution in [3.8, 4) is 17.2 Å². The summed E-state index contributed by atoms with van der Waals surface area (Å²) in [4.78, 5) is 0. The summed E-state index contributed by atoms with van der Waals surface area (Å²) in [5, 5.41) is 17.4. The molecule has 3 aromatic rings. The van der Waals surface area contributed by atoms with Gasteiger partial charge in [-0.25, -0.2) is 0 Å². The highest BCUT2D eigenvalue weighted by Gasteiger charge is 2.31. The average Bonchev–Trinajstić information content (AvgIpc) is 3.23. The third-order valence-electron chi connectivity index (χ3n) is 5.33. The molecule has 0 bridgehead atoms. The largest absolute Gasteiger partial charge is 0.507 e. The molecule has 0 saturated heterocycles. The van der Waals surface area contributed by atoms with E-state index >= 15 is 0 Å². The molecule has 7 heteroatoms. The van der Waals surface area contributed by atoms with Gasteiger partial charge in [-0.2, -0.15) is 0 Å². The molecule has 5 rings (SSSR count). The molecule has 0 aliphatic carbocycles. The number of phenols is 1. The van der Waals surface area contributed by atoms with E-state index < -0.39 is 0 Å². The lowest BCUT2D eigenvalue weighted by Gasteiger charge is -2.30. The van der Waals surface area contributed by atoms with E-state index in [0.717, 1.165) is 28.1 Å². The Hall–Kier alpha value is -2.86. The number of nitrogens with one attached hydrogen (secondary N) is 1. The van der Waals surface area contributed by atoms with Gasteiger partial charge in [0.2, 0.25) is 6.79 Å². The van der Waals surface area contributed by atoms with Crippen molar-refractivity contribution in [2.24, 2.45) is 0 Å². The fourth-order valence-corrected chi connectivity index (χ4v) is 4.28. The SMILES string of the molecule is Oc1ccc(Cl)cc1C1C=C(c2ccc3c(c2)OCO3)NC(c2ccccc2Cl)[NH2+]1. The minimum atomic E-state index is -0.174. The highest BCUT2D eigenvalue weighted by Crippen LogP contribution is 2.36. The van der Waals surface area contributed by atoms with E-state index in [1.165, 1.54) is 0 Å². The highest BCUT2D eigenvalue weighted by atomic mass is 35.5. The zero-order chi connectivity index (χ0) is 20.7. The van der Waals surface area contributed by atoms with E-state index in [0.29, 0.717) is 15.8 Å². The summed E-state index contributed by atoms with van der Waals surface area (Å²) in [6.07, 6.45) is 1.91. The Kier molecular flexibility index (Phi) is 4.95. The lowest BCUT2D eigenvalue weighted by Crippen LogP contribution is -2.89. The van der Waals surface area contributed by atoms with Crippen LogP contribution in [0.15, 0.2) is 66.7 Å². The van der Waals surface area contributed by atoms with Gasteiger partial charge in [-0.15, -0.1) is 0 Å². The van der Waals surface area contributed by atoms with Crippen LogP contribution in [-0.2, 0) is 0 Å². The second-order valence-corrected chi connectivity index (χ2v) is 8.06. The van der Waals surface area contributed by atoms with Gasteiger partial charge in [0.15, 0.2) is 17.7 Å². The first-order chi connectivity index (χ1) is 14.6. The Morgan fingerprint density at radius 3 is 2.63 bits per heavy atom. The maximum Gasteiger partial charge on any atom is 0.231 e. The fourth-order valence-electron chi connectivity index (χ4n) is 3.84. The summed E-state index contributed by atoms with van der Waals surface area (Å²) < 4.78 is 11.0. The van der Waals surface area contributed by atoms with Crippen LogP contribution in [0.3, 0.4) is 0 Å². The number of hydrogen-bond donors (Lipinski definition) is 3. The van der Waals surface area contributed by atoms with Crippen LogP contribution < -0.4 is 20.1 Å². The molecule has 5 nitrogen and oxygen atoms in total. The number of phenolic OH excluding ortho intramolecular Hbond substituents is 1. The first-order valence-electron chi connectivity index (χ1n) is 9.55. The molecular weight excluding hydrogens is 423 g/mol. The van der Waals surface area contributed by atoms with Gasteiger partial charge < -0.3 is 25.2 Å². The molecule has 152 valence electrons. The second kappa shape index (κ2) is 7.76. The molecule has 0 amide bonds. The van der Waals surface area contributed by atoms with Crippen molar-refractivity contribution in [3.05, 3.63) is 93.5 Å². The third-order valence-corrected chi connectivity index (χ3v) is 5.91. The predicted octanol–water partition coefficient (Wildman–Crippen LogP) is 4.38. The molecule has 0 aromatic heterocycles. The lowest BCUT2D eigenvalue weighted by molar-refractivity contribution is -0.731. The molecule has 0 fully saturated rings.